The highest BCUT2D eigenvalue weighted by atomic mass is 16.6. The number of hydrogen-bond donors (Lipinski definition) is 0. The van der Waals surface area contributed by atoms with E-state index in [1.165, 1.54) is 44.0 Å². The molecule has 0 amide bonds. The Balaban J connectivity index is 0.962. The molecule has 4 aliphatic rings. The van der Waals surface area contributed by atoms with Crippen molar-refractivity contribution in [2.24, 2.45) is 0 Å². The second-order valence-corrected chi connectivity index (χ2v) is 21.4. The van der Waals surface area contributed by atoms with Gasteiger partial charge in [-0.15, -0.1) is 0 Å². The summed E-state index contributed by atoms with van der Waals surface area (Å²) in [4.78, 5) is 5.00. The van der Waals surface area contributed by atoms with Gasteiger partial charge in [0.2, 0.25) is 0 Å². The van der Waals surface area contributed by atoms with Crippen molar-refractivity contribution in [1.82, 2.24) is 0 Å². The summed E-state index contributed by atoms with van der Waals surface area (Å²) < 4.78 is 26.2. The molecule has 0 saturated carbocycles. The second kappa shape index (κ2) is 16.2. The summed E-state index contributed by atoms with van der Waals surface area (Å²) in [5.74, 6) is 2.51. The number of hydrogen-bond acceptors (Lipinski definition) is 6. The lowest BCUT2D eigenvalue weighted by molar-refractivity contribution is 0.172. The average Bonchev–Trinajstić information content (AvgIpc) is 4.04. The van der Waals surface area contributed by atoms with E-state index in [2.05, 4.69) is 213 Å². The van der Waals surface area contributed by atoms with Gasteiger partial charge in [-0.2, -0.15) is 0 Å². The second-order valence-electron chi connectivity index (χ2n) is 21.4. The first-order chi connectivity index (χ1) is 36.2. The summed E-state index contributed by atoms with van der Waals surface area (Å²) >= 11 is 0. The maximum absolute atomic E-state index is 6.82. The van der Waals surface area contributed by atoms with Crippen LogP contribution in [0.1, 0.15) is 55.2 Å². The molecule has 7 heteroatoms. The fourth-order valence-electron chi connectivity index (χ4n) is 12.4. The van der Waals surface area contributed by atoms with E-state index in [4.69, 9.17) is 18.3 Å². The van der Waals surface area contributed by atoms with E-state index >= 15 is 0 Å². The molecule has 3 aliphatic heterocycles. The Labute approximate surface area is 430 Å². The Bertz CT molecular complexity index is 4160. The van der Waals surface area contributed by atoms with Crippen molar-refractivity contribution in [1.29, 1.82) is 0 Å². The lowest BCUT2D eigenvalue weighted by atomic mass is 9.33. The molecule has 74 heavy (non-hydrogen) atoms. The molecule has 6 nitrogen and oxygen atoms in total. The smallest absolute Gasteiger partial charge is 0.252 e. The van der Waals surface area contributed by atoms with Crippen LogP contribution in [0.4, 0.5) is 34.1 Å². The summed E-state index contributed by atoms with van der Waals surface area (Å²) in [5, 5.41) is 3.47. The number of ether oxygens (including phenoxy) is 2. The minimum atomic E-state index is -0.135. The van der Waals surface area contributed by atoms with Crippen LogP contribution in [0.25, 0.3) is 66.8 Å². The van der Waals surface area contributed by atoms with Gasteiger partial charge < -0.3 is 28.1 Å². The van der Waals surface area contributed by atoms with Gasteiger partial charge in [-0.3, -0.25) is 0 Å². The van der Waals surface area contributed by atoms with Crippen LogP contribution in [0.15, 0.2) is 191 Å². The fraction of sp³-hybridized carbons (Fsp3) is 0.134. The summed E-state index contributed by atoms with van der Waals surface area (Å²) in [5.41, 5.74) is 23.7. The number of allylic oxidation sites excluding steroid dienone is 1. The summed E-state index contributed by atoms with van der Waals surface area (Å²) in [6.45, 7) is 9.95. The average molecular weight is 959 g/mol. The predicted molar refractivity (Wildman–Crippen MR) is 305 cm³/mol. The quantitative estimate of drug-likeness (QED) is 0.160. The Kier molecular flexibility index (Phi) is 9.38. The lowest BCUT2D eigenvalue weighted by Gasteiger charge is -2.45. The maximum atomic E-state index is 6.82. The van der Waals surface area contributed by atoms with Gasteiger partial charge in [-0.25, -0.2) is 0 Å². The molecule has 0 atom stereocenters. The summed E-state index contributed by atoms with van der Waals surface area (Å²) in [6.07, 6.45) is 4.13. The summed E-state index contributed by atoms with van der Waals surface area (Å²) in [6, 6.07) is 66.6. The van der Waals surface area contributed by atoms with Crippen LogP contribution in [0.2, 0.25) is 0 Å². The van der Waals surface area contributed by atoms with Crippen molar-refractivity contribution in [2.75, 3.05) is 23.0 Å². The van der Waals surface area contributed by atoms with Crippen LogP contribution in [-0.2, 0) is 11.8 Å². The van der Waals surface area contributed by atoms with Crippen molar-refractivity contribution in [3.8, 4) is 33.8 Å². The van der Waals surface area contributed by atoms with Gasteiger partial charge in [0.15, 0.2) is 11.5 Å². The number of rotatable bonds is 5. The first kappa shape index (κ1) is 43.0. The predicted octanol–water partition coefficient (Wildman–Crippen LogP) is 15.6. The van der Waals surface area contributed by atoms with Crippen LogP contribution in [0, 0.1) is 6.92 Å². The third-order valence-electron chi connectivity index (χ3n) is 16.0. The molecule has 0 unspecified atom stereocenters. The number of furan rings is 2. The van der Waals surface area contributed by atoms with Gasteiger partial charge in [-0.05, 0) is 159 Å². The molecule has 2 aromatic heterocycles. The Hall–Kier alpha value is -8.68. The number of benzene rings is 9. The topological polar surface area (TPSA) is 51.2 Å². The van der Waals surface area contributed by atoms with Gasteiger partial charge in [0.05, 0.1) is 11.4 Å². The molecule has 5 heterocycles. The number of aryl methyl sites for hydroxylation is 2. The van der Waals surface area contributed by atoms with Crippen LogP contribution in [0.5, 0.6) is 11.5 Å². The van der Waals surface area contributed by atoms with E-state index in [-0.39, 0.29) is 12.1 Å². The van der Waals surface area contributed by atoms with Gasteiger partial charge in [0.1, 0.15) is 35.7 Å². The molecule has 9 aromatic carbocycles. The number of fused-ring (bicyclic) bond motifs is 12. The van der Waals surface area contributed by atoms with Crippen molar-refractivity contribution in [3.63, 3.8) is 0 Å². The SMILES string of the molecule is Cc1cc2c3c(c1)N(c1ccc(C(C)(C)C)cc1-c1ccccc1)c1c(ccc4c1OCCO4)B3c1cc(C3=Cc4oc5ccccc5c4CC3)ccc1N2c1ccc(-c2ccc3c(c2)oc2ccccc23)cc1. The number of anilines is 6. The van der Waals surface area contributed by atoms with Gasteiger partial charge in [0, 0.05) is 50.0 Å². The molecule has 0 spiro atoms. The molecule has 11 aromatic rings. The molecule has 0 radical (unpaired) electrons. The van der Waals surface area contributed by atoms with E-state index in [0.29, 0.717) is 13.2 Å². The third-order valence-corrected chi connectivity index (χ3v) is 16.0. The van der Waals surface area contributed by atoms with Gasteiger partial charge in [-0.1, -0.05) is 130 Å². The van der Waals surface area contributed by atoms with Gasteiger partial charge >= 0.3 is 0 Å². The Morgan fingerprint density at radius 3 is 2.03 bits per heavy atom. The zero-order valence-electron chi connectivity index (χ0n) is 41.8. The van der Waals surface area contributed by atoms with Crippen molar-refractivity contribution >= 4 is 102 Å². The van der Waals surface area contributed by atoms with Crippen LogP contribution < -0.4 is 35.7 Å². The first-order valence-corrected chi connectivity index (χ1v) is 26.0. The zero-order valence-corrected chi connectivity index (χ0v) is 41.8. The van der Waals surface area contributed by atoms with Crippen molar-refractivity contribution in [2.45, 2.75) is 46.0 Å². The molecular weight excluding hydrogens is 908 g/mol. The molecular formula is C67H51BN2O4. The largest absolute Gasteiger partial charge is 0.486 e. The van der Waals surface area contributed by atoms with Crippen LogP contribution >= 0.6 is 0 Å². The highest BCUT2D eigenvalue weighted by Crippen LogP contribution is 2.53. The first-order valence-electron chi connectivity index (χ1n) is 26.0. The number of para-hydroxylation sites is 2. The lowest BCUT2D eigenvalue weighted by Crippen LogP contribution is -2.61. The van der Waals surface area contributed by atoms with Gasteiger partial charge in [0.25, 0.3) is 6.71 Å². The molecule has 356 valence electrons. The Morgan fingerprint density at radius 1 is 0.500 bits per heavy atom. The van der Waals surface area contributed by atoms with Crippen LogP contribution in [0.3, 0.4) is 0 Å². The molecule has 15 rings (SSSR count). The van der Waals surface area contributed by atoms with E-state index in [0.717, 1.165) is 120 Å². The third kappa shape index (κ3) is 6.58. The Morgan fingerprint density at radius 2 is 1.20 bits per heavy atom. The number of nitrogens with zero attached hydrogens (tertiary/aromatic N) is 2. The van der Waals surface area contributed by atoms with Crippen molar-refractivity contribution < 1.29 is 18.3 Å². The van der Waals surface area contributed by atoms with E-state index in [9.17, 15) is 0 Å². The molecule has 0 fully saturated rings. The zero-order chi connectivity index (χ0) is 49.4. The standard InChI is InChI=1S/C67H51BN2O4/c1-40-34-57-64-58(35-40)70(55-30-23-46(67(2,3)4)39-52(55)42-12-6-5-7-13-42)65-53(28-31-61-66(65)72-33-32-71-61)68(64)54-36-43(45-21-27-51-49-15-9-11-17-60(49)74-63(51)38-45)22-29-56(54)69(57)47-24-18-41(19-25-47)44-20-26-50-48-14-8-10-16-59(48)73-62(50)37-44/h5-20,22-26,28-31,34-39H,21,27,32-33H2,1-4H3. The highest BCUT2D eigenvalue weighted by molar-refractivity contribution is 7.00. The minimum Gasteiger partial charge on any atom is -0.486 e. The maximum Gasteiger partial charge on any atom is 0.252 e. The minimum absolute atomic E-state index is 0.0665. The summed E-state index contributed by atoms with van der Waals surface area (Å²) in [7, 11) is 0. The normalized spacial score (nSPS) is 14.5. The molecule has 0 N–H and O–H groups in total. The fourth-order valence-corrected chi connectivity index (χ4v) is 12.4. The van der Waals surface area contributed by atoms with E-state index in [1.807, 2.05) is 12.1 Å². The molecule has 0 saturated heterocycles. The molecule has 0 bridgehead atoms. The van der Waals surface area contributed by atoms with E-state index in [1.54, 1.807) is 0 Å². The monoisotopic (exact) mass is 958 g/mol. The molecule has 1 aliphatic carbocycles. The van der Waals surface area contributed by atoms with E-state index < -0.39 is 0 Å². The van der Waals surface area contributed by atoms with Crippen molar-refractivity contribution in [3.05, 3.63) is 210 Å². The van der Waals surface area contributed by atoms with Crippen LogP contribution in [-0.4, -0.2) is 19.9 Å². The highest BCUT2D eigenvalue weighted by Gasteiger charge is 2.46.